The summed E-state index contributed by atoms with van der Waals surface area (Å²) in [6, 6.07) is 14.7. The number of anilines is 1. The Morgan fingerprint density at radius 3 is 2.19 bits per heavy atom. The number of hydrogen-bond donors (Lipinski definition) is 0. The molecule has 0 radical (unpaired) electrons. The van der Waals surface area contributed by atoms with Gasteiger partial charge in [-0.25, -0.2) is 4.90 Å². The van der Waals surface area contributed by atoms with Gasteiger partial charge in [-0.1, -0.05) is 42.8 Å². The molecule has 2 amide bonds. The summed E-state index contributed by atoms with van der Waals surface area (Å²) >= 11 is 6.32. The molecular formula is C25H28ClN3O3. The second-order valence-electron chi connectivity index (χ2n) is 8.25. The summed E-state index contributed by atoms with van der Waals surface area (Å²) in [5, 5.41) is -0.0567. The minimum absolute atomic E-state index is 0.0567. The smallest absolute Gasteiger partial charge is 0.277 e. The zero-order valence-corrected chi connectivity index (χ0v) is 19.3. The van der Waals surface area contributed by atoms with Crippen LogP contribution in [0.3, 0.4) is 0 Å². The highest BCUT2D eigenvalue weighted by Gasteiger charge is 2.39. The maximum absolute atomic E-state index is 13.1. The van der Waals surface area contributed by atoms with Crippen LogP contribution in [0.25, 0.3) is 5.57 Å². The second kappa shape index (κ2) is 9.86. The number of rotatable bonds is 7. The minimum atomic E-state index is -0.496. The molecule has 0 saturated carbocycles. The van der Waals surface area contributed by atoms with Crippen LogP contribution < -0.4 is 9.64 Å². The third kappa shape index (κ3) is 4.72. The number of halogens is 1. The molecule has 32 heavy (non-hydrogen) atoms. The van der Waals surface area contributed by atoms with Crippen molar-refractivity contribution in [2.45, 2.75) is 19.9 Å². The van der Waals surface area contributed by atoms with Crippen LogP contribution >= 0.6 is 11.6 Å². The predicted octanol–water partition coefficient (Wildman–Crippen LogP) is 3.75. The van der Waals surface area contributed by atoms with Crippen LogP contribution in [-0.2, 0) is 16.1 Å². The molecule has 2 aliphatic heterocycles. The molecule has 2 aromatic carbocycles. The van der Waals surface area contributed by atoms with Crippen molar-refractivity contribution in [3.05, 3.63) is 64.7 Å². The molecule has 1 saturated heterocycles. The SMILES string of the molecule is CCCOc1ccc(C2=C(Cl)C(=O)N(c3ccc(CN4CCN(C)CC4)cc3)C2=O)cc1. The highest BCUT2D eigenvalue weighted by molar-refractivity contribution is 6.60. The Labute approximate surface area is 194 Å². The molecule has 2 heterocycles. The Morgan fingerprint density at radius 1 is 0.906 bits per heavy atom. The van der Waals surface area contributed by atoms with E-state index in [1.807, 2.05) is 31.2 Å². The summed E-state index contributed by atoms with van der Waals surface area (Å²) in [6.07, 6.45) is 0.912. The maximum Gasteiger partial charge on any atom is 0.277 e. The minimum Gasteiger partial charge on any atom is -0.494 e. The summed E-state index contributed by atoms with van der Waals surface area (Å²) < 4.78 is 5.59. The summed E-state index contributed by atoms with van der Waals surface area (Å²) in [4.78, 5) is 31.8. The number of benzene rings is 2. The van der Waals surface area contributed by atoms with Gasteiger partial charge in [-0.3, -0.25) is 14.5 Å². The highest BCUT2D eigenvalue weighted by Crippen LogP contribution is 2.35. The maximum atomic E-state index is 13.1. The van der Waals surface area contributed by atoms with Gasteiger partial charge in [0.05, 0.1) is 17.9 Å². The third-order valence-electron chi connectivity index (χ3n) is 5.84. The lowest BCUT2D eigenvalue weighted by Gasteiger charge is -2.32. The molecule has 0 aromatic heterocycles. The summed E-state index contributed by atoms with van der Waals surface area (Å²) in [6.45, 7) is 7.71. The van der Waals surface area contributed by atoms with Crippen LogP contribution in [0.1, 0.15) is 24.5 Å². The number of piperazine rings is 1. The Balaban J connectivity index is 1.47. The molecule has 2 aliphatic rings. The molecule has 168 valence electrons. The van der Waals surface area contributed by atoms with E-state index in [9.17, 15) is 9.59 Å². The van der Waals surface area contributed by atoms with E-state index in [0.717, 1.165) is 55.4 Å². The van der Waals surface area contributed by atoms with Gasteiger partial charge >= 0.3 is 0 Å². The van der Waals surface area contributed by atoms with Crippen molar-refractivity contribution >= 4 is 34.7 Å². The van der Waals surface area contributed by atoms with Crippen molar-refractivity contribution in [1.82, 2.24) is 9.80 Å². The molecule has 0 unspecified atom stereocenters. The molecule has 0 spiro atoms. The van der Waals surface area contributed by atoms with Crippen molar-refractivity contribution in [2.75, 3.05) is 44.7 Å². The topological polar surface area (TPSA) is 53.1 Å². The number of imide groups is 1. The van der Waals surface area contributed by atoms with E-state index in [-0.39, 0.29) is 10.6 Å². The molecular weight excluding hydrogens is 426 g/mol. The van der Waals surface area contributed by atoms with E-state index in [1.165, 1.54) is 0 Å². The van der Waals surface area contributed by atoms with Crippen LogP contribution in [0.15, 0.2) is 53.6 Å². The number of carbonyl (C=O) groups excluding carboxylic acids is 2. The number of carbonyl (C=O) groups is 2. The van der Waals surface area contributed by atoms with Crippen molar-refractivity contribution < 1.29 is 14.3 Å². The van der Waals surface area contributed by atoms with E-state index >= 15 is 0 Å². The van der Waals surface area contributed by atoms with Gasteiger partial charge in [0.2, 0.25) is 0 Å². The van der Waals surface area contributed by atoms with Crippen molar-refractivity contribution in [3.63, 3.8) is 0 Å². The molecule has 7 heteroatoms. The first-order chi connectivity index (χ1) is 15.5. The number of likely N-dealkylation sites (N-methyl/N-ethyl adjacent to an activating group) is 1. The van der Waals surface area contributed by atoms with Crippen LogP contribution in [0, 0.1) is 0 Å². The zero-order valence-electron chi connectivity index (χ0n) is 18.5. The molecule has 0 aliphatic carbocycles. The average Bonchev–Trinajstić information content (AvgIpc) is 3.03. The van der Waals surface area contributed by atoms with E-state index in [4.69, 9.17) is 16.3 Å². The largest absolute Gasteiger partial charge is 0.494 e. The Hall–Kier alpha value is -2.67. The number of amides is 2. The van der Waals surface area contributed by atoms with Gasteiger partial charge in [0, 0.05) is 32.7 Å². The highest BCUT2D eigenvalue weighted by atomic mass is 35.5. The molecule has 2 aromatic rings. The second-order valence-corrected chi connectivity index (χ2v) is 8.63. The molecule has 6 nitrogen and oxygen atoms in total. The fourth-order valence-electron chi connectivity index (χ4n) is 3.94. The van der Waals surface area contributed by atoms with E-state index < -0.39 is 11.8 Å². The molecule has 0 bridgehead atoms. The summed E-state index contributed by atoms with van der Waals surface area (Å²) in [5.41, 5.74) is 2.50. The van der Waals surface area contributed by atoms with Gasteiger partial charge in [-0.2, -0.15) is 0 Å². The van der Waals surface area contributed by atoms with Crippen LogP contribution in [0.5, 0.6) is 5.75 Å². The first-order valence-corrected chi connectivity index (χ1v) is 11.4. The number of ether oxygens (including phenoxy) is 1. The van der Waals surface area contributed by atoms with Crippen LogP contribution in [0.4, 0.5) is 5.69 Å². The monoisotopic (exact) mass is 453 g/mol. The Morgan fingerprint density at radius 2 is 1.56 bits per heavy atom. The zero-order chi connectivity index (χ0) is 22.7. The predicted molar refractivity (Wildman–Crippen MR) is 127 cm³/mol. The van der Waals surface area contributed by atoms with Gasteiger partial charge in [-0.15, -0.1) is 0 Å². The Bertz CT molecular complexity index is 1010. The summed E-state index contributed by atoms with van der Waals surface area (Å²) in [7, 11) is 2.14. The average molecular weight is 454 g/mol. The molecule has 4 rings (SSSR count). The third-order valence-corrected chi connectivity index (χ3v) is 6.19. The van der Waals surface area contributed by atoms with Crippen molar-refractivity contribution in [3.8, 4) is 5.75 Å². The fraction of sp³-hybridized carbons (Fsp3) is 0.360. The van der Waals surface area contributed by atoms with Gasteiger partial charge in [-0.05, 0) is 48.9 Å². The van der Waals surface area contributed by atoms with Crippen molar-refractivity contribution in [2.24, 2.45) is 0 Å². The van der Waals surface area contributed by atoms with Crippen LogP contribution in [0.2, 0.25) is 0 Å². The number of nitrogens with zero attached hydrogens (tertiary/aromatic N) is 3. The molecule has 0 atom stereocenters. The molecule has 1 fully saturated rings. The van der Waals surface area contributed by atoms with Crippen LogP contribution in [-0.4, -0.2) is 61.4 Å². The quantitative estimate of drug-likeness (QED) is 0.598. The standard InChI is InChI=1S/C25H28ClN3O3/c1-3-16-32-21-10-6-19(7-11-21)22-23(26)25(31)29(24(22)30)20-8-4-18(5-9-20)17-28-14-12-27(2)13-15-28/h4-11H,3,12-17H2,1-2H3. The van der Waals surface area contributed by atoms with Gasteiger partial charge in [0.1, 0.15) is 10.8 Å². The van der Waals surface area contributed by atoms with Gasteiger partial charge < -0.3 is 9.64 Å². The normalized spacial score (nSPS) is 18.0. The lowest BCUT2D eigenvalue weighted by Crippen LogP contribution is -2.43. The first-order valence-electron chi connectivity index (χ1n) is 11.0. The van der Waals surface area contributed by atoms with Crippen molar-refractivity contribution in [1.29, 1.82) is 0 Å². The number of hydrogen-bond acceptors (Lipinski definition) is 5. The lowest BCUT2D eigenvalue weighted by molar-refractivity contribution is -0.119. The summed E-state index contributed by atoms with van der Waals surface area (Å²) in [5.74, 6) is -0.185. The van der Waals surface area contributed by atoms with Gasteiger partial charge in [0.15, 0.2) is 0 Å². The fourth-order valence-corrected chi connectivity index (χ4v) is 4.21. The van der Waals surface area contributed by atoms with E-state index in [1.54, 1.807) is 24.3 Å². The Kier molecular flexibility index (Phi) is 6.94. The lowest BCUT2D eigenvalue weighted by atomic mass is 10.1. The first kappa shape index (κ1) is 22.5. The van der Waals surface area contributed by atoms with E-state index in [0.29, 0.717) is 17.9 Å². The van der Waals surface area contributed by atoms with Gasteiger partial charge in [0.25, 0.3) is 11.8 Å². The van der Waals surface area contributed by atoms with E-state index in [2.05, 4.69) is 16.8 Å². The molecule has 0 N–H and O–H groups in total.